The summed E-state index contributed by atoms with van der Waals surface area (Å²) in [6.07, 6.45) is 90.3. The molecule has 0 aromatic carbocycles. The van der Waals surface area contributed by atoms with Gasteiger partial charge in [-0.15, -0.1) is 0 Å². The van der Waals surface area contributed by atoms with E-state index in [4.69, 9.17) is 14.2 Å². The summed E-state index contributed by atoms with van der Waals surface area (Å²) in [6, 6.07) is 0. The minimum Gasteiger partial charge on any atom is -0.462 e. The monoisotopic (exact) mass is 1060 g/mol. The molecule has 0 saturated heterocycles. The topological polar surface area (TPSA) is 78.9 Å². The lowest BCUT2D eigenvalue weighted by molar-refractivity contribution is -0.167. The van der Waals surface area contributed by atoms with Gasteiger partial charge in [0.2, 0.25) is 0 Å². The Kier molecular flexibility index (Phi) is 60.4. The van der Waals surface area contributed by atoms with Crippen molar-refractivity contribution in [3.8, 4) is 0 Å². The maximum atomic E-state index is 12.9. The second-order valence-electron chi connectivity index (χ2n) is 20.5. The molecule has 0 amide bonds. The molecule has 6 nitrogen and oxygen atoms in total. The van der Waals surface area contributed by atoms with E-state index in [1.54, 1.807) is 0 Å². The van der Waals surface area contributed by atoms with E-state index in [0.29, 0.717) is 19.3 Å². The molecule has 1 unspecified atom stereocenters. The summed E-state index contributed by atoms with van der Waals surface area (Å²) in [6.45, 7) is 6.35. The van der Waals surface area contributed by atoms with Crippen molar-refractivity contribution >= 4 is 17.9 Å². The molecule has 0 aromatic heterocycles. The first kappa shape index (κ1) is 72.5. The summed E-state index contributed by atoms with van der Waals surface area (Å²) in [4.78, 5) is 38.3. The number of unbranched alkanes of at least 4 members (excludes halogenated alkanes) is 23. The highest BCUT2D eigenvalue weighted by molar-refractivity contribution is 5.71. The number of rotatable bonds is 56. The van der Waals surface area contributed by atoms with Crippen LogP contribution in [-0.2, 0) is 28.6 Å². The second kappa shape index (κ2) is 64.1. The SMILES string of the molecule is CC/C=C\C/C=C\C/C=C\C/C=C\C/C=C\C/C=C\CCCCCCC(=O)OC(COC(=O)CCCCCCC/C=C\CCCC)COC(=O)CCCCCCCCCCCCCC/C=C\C/C=C\C/C=C\C/C=C\CC. The minimum atomic E-state index is -0.801. The van der Waals surface area contributed by atoms with Crippen LogP contribution in [0.1, 0.15) is 278 Å². The van der Waals surface area contributed by atoms with E-state index < -0.39 is 6.10 Å². The summed E-state index contributed by atoms with van der Waals surface area (Å²) < 4.78 is 16.9. The molecule has 0 bridgehead atoms. The first-order valence-electron chi connectivity index (χ1n) is 31.7. The lowest BCUT2D eigenvalue weighted by atomic mass is 10.0. The van der Waals surface area contributed by atoms with Crippen LogP contribution >= 0.6 is 0 Å². The van der Waals surface area contributed by atoms with Gasteiger partial charge in [-0.2, -0.15) is 0 Å². The Morgan fingerprint density at radius 1 is 0.273 bits per heavy atom. The van der Waals surface area contributed by atoms with Gasteiger partial charge in [-0.05, 0) is 128 Å². The smallest absolute Gasteiger partial charge is 0.306 e. The molecule has 0 rings (SSSR count). The standard InChI is InChI=1S/C71H116O6/c1-4-7-10-13-16-19-22-24-26-28-30-32-34-35-37-38-40-42-44-46-49-52-55-58-61-64-70(73)76-67-68(66-75-69(72)63-60-57-54-51-48-21-18-15-12-9-6-3)77-71(74)65-62-59-56-53-50-47-45-43-41-39-36-33-31-29-27-25-23-20-17-14-11-8-5-2/h7-8,10-11,15-20,24-27,30-33,39,41,45,47,68H,4-6,9,12-14,21-23,28-29,34-38,40,42-44,46,48-67H2,1-3H3/b10-7-,11-8-,18-15-,19-16-,20-17-,26-24-,27-25-,32-30-,33-31-,41-39-,47-45-. The van der Waals surface area contributed by atoms with E-state index >= 15 is 0 Å². The normalized spacial score (nSPS) is 13.0. The van der Waals surface area contributed by atoms with Crippen LogP contribution in [0.3, 0.4) is 0 Å². The van der Waals surface area contributed by atoms with E-state index in [1.165, 1.54) is 89.9 Å². The van der Waals surface area contributed by atoms with Gasteiger partial charge in [0.1, 0.15) is 13.2 Å². The molecule has 0 fully saturated rings. The van der Waals surface area contributed by atoms with E-state index in [0.717, 1.165) is 148 Å². The fraction of sp³-hybridized carbons (Fsp3) is 0.648. The first-order chi connectivity index (χ1) is 38.0. The number of esters is 3. The molecule has 0 aliphatic carbocycles. The van der Waals surface area contributed by atoms with Crippen molar-refractivity contribution in [2.24, 2.45) is 0 Å². The van der Waals surface area contributed by atoms with E-state index in [-0.39, 0.29) is 31.1 Å². The van der Waals surface area contributed by atoms with Crippen LogP contribution < -0.4 is 0 Å². The Balaban J connectivity index is 4.35. The zero-order valence-corrected chi connectivity index (χ0v) is 49.9. The molecule has 0 saturated carbocycles. The second-order valence-corrected chi connectivity index (χ2v) is 20.5. The molecule has 0 heterocycles. The Morgan fingerprint density at radius 3 is 0.805 bits per heavy atom. The van der Waals surface area contributed by atoms with Crippen molar-refractivity contribution in [2.45, 2.75) is 284 Å². The number of allylic oxidation sites excluding steroid dienone is 22. The highest BCUT2D eigenvalue weighted by Crippen LogP contribution is 2.15. The van der Waals surface area contributed by atoms with Gasteiger partial charge in [0.15, 0.2) is 6.10 Å². The number of hydrogen-bond donors (Lipinski definition) is 0. The van der Waals surface area contributed by atoms with Crippen molar-refractivity contribution in [3.05, 3.63) is 134 Å². The molecule has 436 valence electrons. The Bertz CT molecular complexity index is 1650. The molecule has 0 radical (unpaired) electrons. The molecule has 1 atom stereocenters. The third-order valence-corrected chi connectivity index (χ3v) is 13.1. The van der Waals surface area contributed by atoms with Crippen LogP contribution in [0.5, 0.6) is 0 Å². The number of hydrogen-bond acceptors (Lipinski definition) is 6. The van der Waals surface area contributed by atoms with Crippen LogP contribution in [0.25, 0.3) is 0 Å². The zero-order chi connectivity index (χ0) is 55.7. The van der Waals surface area contributed by atoms with E-state index in [2.05, 4.69) is 154 Å². The van der Waals surface area contributed by atoms with Crippen molar-refractivity contribution in [3.63, 3.8) is 0 Å². The van der Waals surface area contributed by atoms with Crippen molar-refractivity contribution in [1.29, 1.82) is 0 Å². The number of carbonyl (C=O) groups excluding carboxylic acids is 3. The van der Waals surface area contributed by atoms with Gasteiger partial charge < -0.3 is 14.2 Å². The first-order valence-corrected chi connectivity index (χ1v) is 31.7. The van der Waals surface area contributed by atoms with Crippen molar-refractivity contribution < 1.29 is 28.6 Å². The lowest BCUT2D eigenvalue weighted by Gasteiger charge is -2.18. The molecule has 0 spiro atoms. The van der Waals surface area contributed by atoms with E-state index in [1.807, 2.05) is 0 Å². The average molecular weight is 1070 g/mol. The molecule has 0 aromatic rings. The van der Waals surface area contributed by atoms with Crippen LogP contribution in [0.4, 0.5) is 0 Å². The predicted octanol–water partition coefficient (Wildman–Crippen LogP) is 21.8. The fourth-order valence-corrected chi connectivity index (χ4v) is 8.42. The lowest BCUT2D eigenvalue weighted by Crippen LogP contribution is -2.30. The van der Waals surface area contributed by atoms with Crippen molar-refractivity contribution in [1.82, 2.24) is 0 Å². The number of carbonyl (C=O) groups is 3. The highest BCUT2D eigenvalue weighted by Gasteiger charge is 2.19. The van der Waals surface area contributed by atoms with Gasteiger partial charge >= 0.3 is 17.9 Å². The summed E-state index contributed by atoms with van der Waals surface area (Å²) in [5, 5.41) is 0. The van der Waals surface area contributed by atoms with Crippen LogP contribution in [0.15, 0.2) is 134 Å². The third kappa shape index (κ3) is 62.3. The molecule has 6 heteroatoms. The van der Waals surface area contributed by atoms with Crippen LogP contribution in [0, 0.1) is 0 Å². The van der Waals surface area contributed by atoms with Gasteiger partial charge in [-0.3, -0.25) is 14.4 Å². The predicted molar refractivity (Wildman–Crippen MR) is 334 cm³/mol. The van der Waals surface area contributed by atoms with Gasteiger partial charge in [-0.1, -0.05) is 264 Å². The Morgan fingerprint density at radius 2 is 0.506 bits per heavy atom. The van der Waals surface area contributed by atoms with E-state index in [9.17, 15) is 14.4 Å². The molecule has 0 N–H and O–H groups in total. The summed E-state index contributed by atoms with van der Waals surface area (Å²) in [5.41, 5.74) is 0. The summed E-state index contributed by atoms with van der Waals surface area (Å²) >= 11 is 0. The number of ether oxygens (including phenoxy) is 3. The summed E-state index contributed by atoms with van der Waals surface area (Å²) in [5.74, 6) is -0.931. The molecular formula is C71H116O6. The Labute approximate surface area is 475 Å². The Hall–Kier alpha value is -4.45. The van der Waals surface area contributed by atoms with Crippen molar-refractivity contribution in [2.75, 3.05) is 13.2 Å². The fourth-order valence-electron chi connectivity index (χ4n) is 8.42. The molecule has 77 heavy (non-hydrogen) atoms. The maximum Gasteiger partial charge on any atom is 0.306 e. The zero-order valence-electron chi connectivity index (χ0n) is 49.9. The van der Waals surface area contributed by atoms with Gasteiger partial charge in [0.05, 0.1) is 0 Å². The maximum absolute atomic E-state index is 12.9. The van der Waals surface area contributed by atoms with Gasteiger partial charge in [-0.25, -0.2) is 0 Å². The van der Waals surface area contributed by atoms with Gasteiger partial charge in [0, 0.05) is 19.3 Å². The summed E-state index contributed by atoms with van der Waals surface area (Å²) in [7, 11) is 0. The average Bonchev–Trinajstić information content (AvgIpc) is 3.43. The molecule has 0 aliphatic rings. The molecular weight excluding hydrogens is 949 g/mol. The largest absolute Gasteiger partial charge is 0.462 e. The quantitative estimate of drug-likeness (QED) is 0.0261. The highest BCUT2D eigenvalue weighted by atomic mass is 16.6. The van der Waals surface area contributed by atoms with Crippen LogP contribution in [-0.4, -0.2) is 37.2 Å². The minimum absolute atomic E-state index is 0.0952. The molecule has 0 aliphatic heterocycles. The third-order valence-electron chi connectivity index (χ3n) is 13.1. The van der Waals surface area contributed by atoms with Crippen LogP contribution in [0.2, 0.25) is 0 Å². The van der Waals surface area contributed by atoms with Gasteiger partial charge in [0.25, 0.3) is 0 Å².